The van der Waals surface area contributed by atoms with Crippen LogP contribution in [-0.2, 0) is 28.6 Å². The highest BCUT2D eigenvalue weighted by molar-refractivity contribution is 5.71. The van der Waals surface area contributed by atoms with E-state index in [0.717, 1.165) is 70.6 Å². The first-order valence-corrected chi connectivity index (χ1v) is 27.8. The van der Waals surface area contributed by atoms with Crippen molar-refractivity contribution in [3.05, 3.63) is 60.8 Å². The average molecular weight is 909 g/mol. The molecule has 0 aromatic carbocycles. The smallest absolute Gasteiger partial charge is 0.306 e. The molecule has 0 bridgehead atoms. The summed E-state index contributed by atoms with van der Waals surface area (Å²) in [4.78, 5) is 38.1. The molecule has 0 heterocycles. The van der Waals surface area contributed by atoms with E-state index in [1.165, 1.54) is 161 Å². The van der Waals surface area contributed by atoms with Crippen LogP contribution in [0.25, 0.3) is 0 Å². The molecule has 0 amide bonds. The Bertz CT molecular complexity index is 1180. The summed E-state index contributed by atoms with van der Waals surface area (Å²) in [5.74, 6) is -0.937. The molecule has 0 aliphatic heterocycles. The van der Waals surface area contributed by atoms with Gasteiger partial charge in [-0.1, -0.05) is 210 Å². The number of carbonyl (C=O) groups is 3. The Morgan fingerprint density at radius 2 is 0.554 bits per heavy atom. The van der Waals surface area contributed by atoms with Gasteiger partial charge in [-0.05, 0) is 109 Å². The number of unbranched alkanes of at least 4 members (excludes halogenated alkanes) is 29. The highest BCUT2D eigenvalue weighted by Crippen LogP contribution is 2.14. The summed E-state index contributed by atoms with van der Waals surface area (Å²) in [5.41, 5.74) is 0. The van der Waals surface area contributed by atoms with E-state index in [1.54, 1.807) is 0 Å². The lowest BCUT2D eigenvalue weighted by Gasteiger charge is -2.18. The molecule has 0 saturated heterocycles. The van der Waals surface area contributed by atoms with Crippen LogP contribution in [0.4, 0.5) is 0 Å². The molecule has 0 radical (unpaired) electrons. The van der Waals surface area contributed by atoms with E-state index >= 15 is 0 Å². The first kappa shape index (κ1) is 62.1. The molecule has 376 valence electrons. The molecule has 0 aliphatic rings. The van der Waals surface area contributed by atoms with Gasteiger partial charge < -0.3 is 14.2 Å². The van der Waals surface area contributed by atoms with Crippen molar-refractivity contribution in [3.63, 3.8) is 0 Å². The van der Waals surface area contributed by atoms with Crippen molar-refractivity contribution in [2.45, 2.75) is 284 Å². The van der Waals surface area contributed by atoms with Crippen molar-refractivity contribution >= 4 is 17.9 Å². The average Bonchev–Trinajstić information content (AvgIpc) is 3.30. The number of esters is 3. The van der Waals surface area contributed by atoms with E-state index in [-0.39, 0.29) is 37.5 Å². The molecule has 0 N–H and O–H groups in total. The lowest BCUT2D eigenvalue weighted by atomic mass is 10.1. The van der Waals surface area contributed by atoms with Gasteiger partial charge in [0.15, 0.2) is 6.10 Å². The second-order valence-electron chi connectivity index (χ2n) is 18.5. The molecule has 6 heteroatoms. The summed E-state index contributed by atoms with van der Waals surface area (Å²) in [7, 11) is 0. The topological polar surface area (TPSA) is 78.9 Å². The van der Waals surface area contributed by atoms with Crippen LogP contribution in [0.3, 0.4) is 0 Å². The largest absolute Gasteiger partial charge is 0.462 e. The zero-order valence-corrected chi connectivity index (χ0v) is 43.0. The van der Waals surface area contributed by atoms with Gasteiger partial charge in [0.2, 0.25) is 0 Å². The Morgan fingerprint density at radius 1 is 0.308 bits per heavy atom. The number of carbonyl (C=O) groups excluding carboxylic acids is 3. The molecular formula is C59H104O6. The number of hydrogen-bond donors (Lipinski definition) is 0. The van der Waals surface area contributed by atoms with Crippen molar-refractivity contribution in [1.82, 2.24) is 0 Å². The minimum absolute atomic E-state index is 0.0937. The monoisotopic (exact) mass is 909 g/mol. The predicted octanol–water partition coefficient (Wildman–Crippen LogP) is 18.4. The Kier molecular flexibility index (Phi) is 51.3. The van der Waals surface area contributed by atoms with Gasteiger partial charge in [0.1, 0.15) is 13.2 Å². The molecule has 0 aliphatic carbocycles. The second-order valence-corrected chi connectivity index (χ2v) is 18.5. The Labute approximate surface area is 402 Å². The SMILES string of the molecule is CCCCC/C=C\C/C=C\C/C=C\CCCCC(=O)O[C@@H](COC(=O)CCCCCCC/C=C\CCCCCCCC)COC(=O)CCCCCCCCC/C=C\CCCCCCCC. The maximum absolute atomic E-state index is 12.8. The van der Waals surface area contributed by atoms with Crippen LogP contribution >= 0.6 is 0 Å². The summed E-state index contributed by atoms with van der Waals surface area (Å²) >= 11 is 0. The van der Waals surface area contributed by atoms with E-state index < -0.39 is 6.10 Å². The third kappa shape index (κ3) is 51.9. The summed E-state index contributed by atoms with van der Waals surface area (Å²) in [5, 5.41) is 0. The third-order valence-corrected chi connectivity index (χ3v) is 12.0. The first-order chi connectivity index (χ1) is 32.0. The molecule has 1 atom stereocenters. The van der Waals surface area contributed by atoms with Gasteiger partial charge in [0.25, 0.3) is 0 Å². The Balaban J connectivity index is 4.44. The zero-order chi connectivity index (χ0) is 47.2. The van der Waals surface area contributed by atoms with E-state index in [1.807, 2.05) is 0 Å². The molecule has 0 aromatic heterocycles. The number of rotatable bonds is 50. The molecule has 0 aromatic rings. The summed E-state index contributed by atoms with van der Waals surface area (Å²) in [6.45, 7) is 6.57. The van der Waals surface area contributed by atoms with Gasteiger partial charge in [-0.25, -0.2) is 0 Å². The highest BCUT2D eigenvalue weighted by atomic mass is 16.6. The van der Waals surface area contributed by atoms with Gasteiger partial charge in [0, 0.05) is 19.3 Å². The molecule has 65 heavy (non-hydrogen) atoms. The fraction of sp³-hybridized carbons (Fsp3) is 0.780. The third-order valence-electron chi connectivity index (χ3n) is 12.0. The zero-order valence-electron chi connectivity index (χ0n) is 43.0. The van der Waals surface area contributed by atoms with E-state index in [9.17, 15) is 14.4 Å². The lowest BCUT2D eigenvalue weighted by Crippen LogP contribution is -2.30. The van der Waals surface area contributed by atoms with Gasteiger partial charge in [-0.3, -0.25) is 14.4 Å². The normalized spacial score (nSPS) is 12.5. The van der Waals surface area contributed by atoms with Crippen molar-refractivity contribution in [1.29, 1.82) is 0 Å². The van der Waals surface area contributed by atoms with E-state index in [4.69, 9.17) is 14.2 Å². The molecule has 0 fully saturated rings. The molecular weight excluding hydrogens is 805 g/mol. The van der Waals surface area contributed by atoms with Gasteiger partial charge in [-0.2, -0.15) is 0 Å². The van der Waals surface area contributed by atoms with Crippen molar-refractivity contribution in [2.24, 2.45) is 0 Å². The predicted molar refractivity (Wildman–Crippen MR) is 279 cm³/mol. The van der Waals surface area contributed by atoms with Gasteiger partial charge in [0.05, 0.1) is 0 Å². The van der Waals surface area contributed by atoms with Crippen LogP contribution in [0.1, 0.15) is 278 Å². The quantitative estimate of drug-likeness (QED) is 0.0262. The Hall–Kier alpha value is -2.89. The molecule has 0 spiro atoms. The van der Waals surface area contributed by atoms with Crippen molar-refractivity contribution < 1.29 is 28.6 Å². The molecule has 0 unspecified atom stereocenters. The first-order valence-electron chi connectivity index (χ1n) is 27.8. The van der Waals surface area contributed by atoms with Crippen LogP contribution < -0.4 is 0 Å². The second kappa shape index (κ2) is 53.7. The molecule has 6 nitrogen and oxygen atoms in total. The maximum atomic E-state index is 12.8. The van der Waals surface area contributed by atoms with E-state index in [2.05, 4.69) is 81.5 Å². The van der Waals surface area contributed by atoms with Gasteiger partial charge in [-0.15, -0.1) is 0 Å². The van der Waals surface area contributed by atoms with Crippen LogP contribution in [-0.4, -0.2) is 37.2 Å². The minimum atomic E-state index is -0.798. The minimum Gasteiger partial charge on any atom is -0.462 e. The summed E-state index contributed by atoms with van der Waals surface area (Å²) < 4.78 is 16.8. The fourth-order valence-corrected chi connectivity index (χ4v) is 7.73. The number of ether oxygens (including phenoxy) is 3. The number of hydrogen-bond acceptors (Lipinski definition) is 6. The summed E-state index contributed by atoms with van der Waals surface area (Å²) in [6.07, 6.45) is 66.3. The van der Waals surface area contributed by atoms with Crippen LogP contribution in [0.2, 0.25) is 0 Å². The molecule has 0 rings (SSSR count). The maximum Gasteiger partial charge on any atom is 0.306 e. The van der Waals surface area contributed by atoms with Crippen molar-refractivity contribution in [2.75, 3.05) is 13.2 Å². The lowest BCUT2D eigenvalue weighted by molar-refractivity contribution is -0.167. The van der Waals surface area contributed by atoms with Gasteiger partial charge >= 0.3 is 17.9 Å². The highest BCUT2D eigenvalue weighted by Gasteiger charge is 2.19. The van der Waals surface area contributed by atoms with Crippen LogP contribution in [0, 0.1) is 0 Å². The van der Waals surface area contributed by atoms with Crippen LogP contribution in [0.15, 0.2) is 60.8 Å². The Morgan fingerprint density at radius 3 is 0.938 bits per heavy atom. The van der Waals surface area contributed by atoms with Crippen LogP contribution in [0.5, 0.6) is 0 Å². The van der Waals surface area contributed by atoms with Crippen molar-refractivity contribution in [3.8, 4) is 0 Å². The molecule has 0 saturated carbocycles. The summed E-state index contributed by atoms with van der Waals surface area (Å²) in [6, 6.07) is 0. The number of allylic oxidation sites excluding steroid dienone is 10. The fourth-order valence-electron chi connectivity index (χ4n) is 7.73. The van der Waals surface area contributed by atoms with E-state index in [0.29, 0.717) is 19.3 Å². The standard InChI is InChI=1S/C59H104O6/c1-4-7-10-13-16-19-22-25-28-29-32-34-37-40-43-46-49-52-58(61)64-55-56(65-59(62)53-50-47-44-41-38-35-31-27-24-21-18-15-12-9-6-3)54-63-57(60)51-48-45-42-39-36-33-30-26-23-20-17-14-11-8-5-2/h18,21,25-28,30-31,38,41,56H,4-17,19-20,22-24,29,32-37,39-40,42-55H2,1-3H3/b21-18-,28-25-,30-26-,31-27-,41-38-/t56-/m0/s1.